The Labute approximate surface area is 112 Å². The van der Waals surface area contributed by atoms with Gasteiger partial charge in [-0.2, -0.15) is 4.39 Å². The summed E-state index contributed by atoms with van der Waals surface area (Å²) < 4.78 is 53.2. The monoisotopic (exact) mass is 306 g/mol. The first-order valence-corrected chi connectivity index (χ1v) is 5.29. The van der Waals surface area contributed by atoms with E-state index in [1.54, 1.807) is 4.98 Å². The molecule has 2 rings (SSSR count). The second kappa shape index (κ2) is 4.96. The van der Waals surface area contributed by atoms with E-state index in [0.717, 1.165) is 24.3 Å². The quantitative estimate of drug-likeness (QED) is 0.818. The minimum Gasteiger partial charge on any atom is -0.492 e. The van der Waals surface area contributed by atoms with E-state index in [4.69, 9.17) is 0 Å². The molecule has 0 unspecified atom stereocenters. The van der Waals surface area contributed by atoms with Crippen LogP contribution in [0.15, 0.2) is 33.9 Å². The van der Waals surface area contributed by atoms with Crippen molar-refractivity contribution in [2.24, 2.45) is 0 Å². The third-order valence-electron chi connectivity index (χ3n) is 2.36. The molecule has 0 fully saturated rings. The number of ether oxygens (including phenoxy) is 1. The largest absolute Gasteiger partial charge is 0.573 e. The van der Waals surface area contributed by atoms with Crippen LogP contribution < -0.4 is 16.0 Å². The highest BCUT2D eigenvalue weighted by Crippen LogP contribution is 2.24. The number of nitrogens with zero attached hydrogens (tertiary/aromatic N) is 1. The molecule has 6 nitrogen and oxygen atoms in total. The fourth-order valence-electron chi connectivity index (χ4n) is 1.54. The number of aromatic amines is 1. The van der Waals surface area contributed by atoms with E-state index in [0.29, 0.717) is 4.57 Å². The predicted molar refractivity (Wildman–Crippen MR) is 61.0 cm³/mol. The van der Waals surface area contributed by atoms with Crippen LogP contribution in [0, 0.1) is 5.82 Å². The van der Waals surface area contributed by atoms with Gasteiger partial charge >= 0.3 is 12.1 Å². The highest BCUT2D eigenvalue weighted by atomic mass is 19.4. The standard InChI is InChI=1S/C11H6F4N2O4/c12-7-8(18)16-10(20)17(9(7)19)5-1-3-6(4-2-5)21-11(13,14)15/h1-4,19H,(H,16,18,20). The number of benzene rings is 1. The van der Waals surface area contributed by atoms with Gasteiger partial charge in [0.1, 0.15) is 5.75 Å². The van der Waals surface area contributed by atoms with Crippen LogP contribution >= 0.6 is 0 Å². The summed E-state index contributed by atoms with van der Waals surface area (Å²) in [7, 11) is 0. The Morgan fingerprint density at radius 3 is 2.24 bits per heavy atom. The summed E-state index contributed by atoms with van der Waals surface area (Å²) in [6.45, 7) is 0. The lowest BCUT2D eigenvalue weighted by molar-refractivity contribution is -0.274. The zero-order valence-corrected chi connectivity index (χ0v) is 9.94. The van der Waals surface area contributed by atoms with E-state index in [1.807, 2.05) is 0 Å². The molecule has 0 bridgehead atoms. The lowest BCUT2D eigenvalue weighted by atomic mass is 10.3. The van der Waals surface area contributed by atoms with Crippen molar-refractivity contribution in [1.82, 2.24) is 9.55 Å². The van der Waals surface area contributed by atoms with Gasteiger partial charge in [0.15, 0.2) is 0 Å². The molecule has 1 heterocycles. The Kier molecular flexibility index (Phi) is 3.45. The molecule has 0 aliphatic carbocycles. The van der Waals surface area contributed by atoms with E-state index >= 15 is 0 Å². The molecule has 0 spiro atoms. The molecular weight excluding hydrogens is 300 g/mol. The summed E-state index contributed by atoms with van der Waals surface area (Å²) in [4.78, 5) is 24.0. The molecule has 0 aliphatic heterocycles. The first-order valence-electron chi connectivity index (χ1n) is 5.29. The van der Waals surface area contributed by atoms with Crippen molar-refractivity contribution in [3.63, 3.8) is 0 Å². The van der Waals surface area contributed by atoms with Crippen LogP contribution in [0.2, 0.25) is 0 Å². The Hall–Kier alpha value is -2.78. The van der Waals surface area contributed by atoms with Gasteiger partial charge in [0.05, 0.1) is 5.69 Å². The van der Waals surface area contributed by atoms with Gasteiger partial charge in [-0.05, 0) is 24.3 Å². The van der Waals surface area contributed by atoms with E-state index in [1.165, 1.54) is 0 Å². The Morgan fingerprint density at radius 2 is 1.71 bits per heavy atom. The second-order valence-electron chi connectivity index (χ2n) is 3.77. The van der Waals surface area contributed by atoms with E-state index in [2.05, 4.69) is 4.74 Å². The normalized spacial score (nSPS) is 11.4. The molecule has 2 N–H and O–H groups in total. The molecule has 0 saturated carbocycles. The van der Waals surface area contributed by atoms with Crippen LogP contribution in [0.4, 0.5) is 17.6 Å². The van der Waals surface area contributed by atoms with Gasteiger partial charge in [-0.25, -0.2) is 9.36 Å². The number of aromatic nitrogens is 2. The summed E-state index contributed by atoms with van der Waals surface area (Å²) in [5.41, 5.74) is -2.73. The summed E-state index contributed by atoms with van der Waals surface area (Å²) in [6.07, 6.45) is -4.88. The topological polar surface area (TPSA) is 84.3 Å². The highest BCUT2D eigenvalue weighted by Gasteiger charge is 2.31. The number of rotatable bonds is 2. The lowest BCUT2D eigenvalue weighted by Crippen LogP contribution is -2.30. The number of hydrogen-bond donors (Lipinski definition) is 2. The molecule has 0 amide bonds. The molecule has 1 aromatic carbocycles. The number of hydrogen-bond acceptors (Lipinski definition) is 4. The zero-order chi connectivity index (χ0) is 15.8. The Bertz CT molecular complexity index is 777. The third kappa shape index (κ3) is 3.04. The summed E-state index contributed by atoms with van der Waals surface area (Å²) in [5.74, 6) is -3.41. The van der Waals surface area contributed by atoms with Crippen LogP contribution in [-0.4, -0.2) is 21.0 Å². The zero-order valence-electron chi connectivity index (χ0n) is 9.94. The molecule has 0 atom stereocenters. The Balaban J connectivity index is 2.47. The van der Waals surface area contributed by atoms with Crippen molar-refractivity contribution in [3.8, 4) is 17.3 Å². The van der Waals surface area contributed by atoms with Crippen LogP contribution in [0.3, 0.4) is 0 Å². The number of alkyl halides is 3. The van der Waals surface area contributed by atoms with Crippen molar-refractivity contribution in [2.45, 2.75) is 6.36 Å². The van der Waals surface area contributed by atoms with Crippen LogP contribution in [0.1, 0.15) is 0 Å². The molecule has 0 saturated heterocycles. The maximum atomic E-state index is 13.2. The van der Waals surface area contributed by atoms with Gasteiger partial charge in [-0.3, -0.25) is 9.78 Å². The molecule has 21 heavy (non-hydrogen) atoms. The number of halogens is 4. The van der Waals surface area contributed by atoms with Crippen LogP contribution in [0.25, 0.3) is 5.69 Å². The van der Waals surface area contributed by atoms with Crippen molar-refractivity contribution < 1.29 is 27.4 Å². The van der Waals surface area contributed by atoms with Crippen molar-refractivity contribution in [3.05, 3.63) is 50.9 Å². The van der Waals surface area contributed by atoms with Gasteiger partial charge in [-0.15, -0.1) is 13.2 Å². The highest BCUT2D eigenvalue weighted by molar-refractivity contribution is 5.39. The lowest BCUT2D eigenvalue weighted by Gasteiger charge is -2.11. The van der Waals surface area contributed by atoms with Gasteiger partial charge in [0, 0.05) is 0 Å². The number of nitrogens with one attached hydrogen (secondary N) is 1. The SMILES string of the molecule is O=c1[nH]c(=O)n(-c2ccc(OC(F)(F)F)cc2)c(O)c1F. The maximum Gasteiger partial charge on any atom is 0.573 e. The minimum atomic E-state index is -4.88. The third-order valence-corrected chi connectivity index (χ3v) is 2.36. The molecule has 0 aliphatic rings. The van der Waals surface area contributed by atoms with Crippen molar-refractivity contribution >= 4 is 0 Å². The van der Waals surface area contributed by atoms with Crippen molar-refractivity contribution in [1.29, 1.82) is 0 Å². The summed E-state index contributed by atoms with van der Waals surface area (Å²) in [6, 6.07) is 3.66. The van der Waals surface area contributed by atoms with Gasteiger partial charge in [-0.1, -0.05) is 0 Å². The molecule has 1 aromatic heterocycles. The minimum absolute atomic E-state index is 0.165. The van der Waals surface area contributed by atoms with Gasteiger partial charge in [0.25, 0.3) is 5.56 Å². The molecule has 112 valence electrons. The molecule has 2 aromatic rings. The number of H-pyrrole nitrogens is 1. The van der Waals surface area contributed by atoms with E-state index in [-0.39, 0.29) is 5.69 Å². The predicted octanol–water partition coefficient (Wildman–Crippen LogP) is 1.27. The maximum absolute atomic E-state index is 13.2. The summed E-state index contributed by atoms with van der Waals surface area (Å²) >= 11 is 0. The Morgan fingerprint density at radius 1 is 1.14 bits per heavy atom. The van der Waals surface area contributed by atoms with E-state index in [9.17, 15) is 32.3 Å². The van der Waals surface area contributed by atoms with Crippen molar-refractivity contribution in [2.75, 3.05) is 0 Å². The first-order chi connectivity index (χ1) is 9.69. The average Bonchev–Trinajstić information content (AvgIpc) is 2.36. The number of aromatic hydroxyl groups is 1. The van der Waals surface area contributed by atoms with Crippen LogP contribution in [-0.2, 0) is 0 Å². The molecule has 0 radical (unpaired) electrons. The fourth-order valence-corrected chi connectivity index (χ4v) is 1.54. The molecule has 10 heteroatoms. The average molecular weight is 306 g/mol. The smallest absolute Gasteiger partial charge is 0.492 e. The van der Waals surface area contributed by atoms with E-state index < -0.39 is 35.1 Å². The van der Waals surface area contributed by atoms with Crippen LogP contribution in [0.5, 0.6) is 11.6 Å². The van der Waals surface area contributed by atoms with Gasteiger partial charge in [0.2, 0.25) is 11.7 Å². The fraction of sp³-hybridized carbons (Fsp3) is 0.0909. The van der Waals surface area contributed by atoms with Gasteiger partial charge < -0.3 is 9.84 Å². The first kappa shape index (κ1) is 14.6. The second-order valence-corrected chi connectivity index (χ2v) is 3.77. The summed E-state index contributed by atoms with van der Waals surface area (Å²) in [5, 5.41) is 9.43. The molecular formula is C11H6F4N2O4.